The maximum absolute atomic E-state index is 14.6. The van der Waals surface area contributed by atoms with E-state index in [9.17, 15) is 9.18 Å². The Morgan fingerprint density at radius 2 is 1.83 bits per heavy atom. The second-order valence-electron chi connectivity index (χ2n) is 7.62. The number of hydrogen-bond acceptors (Lipinski definition) is 6. The average Bonchev–Trinajstić information content (AvgIpc) is 2.78. The van der Waals surface area contributed by atoms with Crippen molar-refractivity contribution < 1.29 is 9.18 Å². The zero-order chi connectivity index (χ0) is 21.3. The molecule has 3 rings (SSSR count). The number of carbonyl (C=O) groups is 1. The minimum atomic E-state index is -0.348. The molecule has 0 saturated carbocycles. The number of halogens is 1. The largest absolute Gasteiger partial charge is 0.304 e. The summed E-state index contributed by atoms with van der Waals surface area (Å²) in [4.78, 5) is 15.8. The monoisotopic (exact) mass is 430 g/mol. The van der Waals surface area contributed by atoms with Crippen LogP contribution < -0.4 is 5.01 Å². The number of aldehydes is 1. The number of hydrogen-bond donors (Lipinski definition) is 0. The van der Waals surface area contributed by atoms with Gasteiger partial charge < -0.3 is 9.80 Å². The van der Waals surface area contributed by atoms with E-state index >= 15 is 0 Å². The molecular formula is C23H31FN4OS. The van der Waals surface area contributed by atoms with E-state index in [1.165, 1.54) is 6.07 Å². The van der Waals surface area contributed by atoms with Crippen molar-refractivity contribution in [3.63, 3.8) is 0 Å². The van der Waals surface area contributed by atoms with Crippen molar-refractivity contribution in [1.29, 1.82) is 0 Å². The first-order valence-electron chi connectivity index (χ1n) is 10.4. The Bertz CT molecular complexity index is 799. The van der Waals surface area contributed by atoms with Gasteiger partial charge in [0, 0.05) is 43.9 Å². The number of benzene rings is 2. The van der Waals surface area contributed by atoms with Crippen LogP contribution in [-0.4, -0.2) is 73.1 Å². The van der Waals surface area contributed by atoms with Crippen LogP contribution in [0, 0.1) is 5.82 Å². The molecule has 0 radical (unpaired) electrons. The summed E-state index contributed by atoms with van der Waals surface area (Å²) < 4.78 is 16.8. The fourth-order valence-electron chi connectivity index (χ4n) is 3.64. The zero-order valence-electron chi connectivity index (χ0n) is 17.8. The molecule has 1 aliphatic heterocycles. The molecule has 2 aromatic rings. The minimum absolute atomic E-state index is 0.348. The van der Waals surface area contributed by atoms with Crippen molar-refractivity contribution in [2.24, 2.45) is 0 Å². The molecule has 0 N–H and O–H groups in total. The third-order valence-electron chi connectivity index (χ3n) is 5.49. The van der Waals surface area contributed by atoms with Crippen molar-refractivity contribution in [3.05, 3.63) is 65.5 Å². The van der Waals surface area contributed by atoms with Crippen LogP contribution >= 0.6 is 11.9 Å². The molecule has 1 fully saturated rings. The van der Waals surface area contributed by atoms with Gasteiger partial charge in [-0.1, -0.05) is 42.3 Å². The molecule has 1 heterocycles. The van der Waals surface area contributed by atoms with Crippen LogP contribution in [0.3, 0.4) is 0 Å². The van der Waals surface area contributed by atoms with Gasteiger partial charge in [0.2, 0.25) is 0 Å². The van der Waals surface area contributed by atoms with Crippen molar-refractivity contribution in [2.75, 3.05) is 57.6 Å². The Labute approximate surface area is 183 Å². The fraction of sp³-hybridized carbons (Fsp3) is 0.435. The Morgan fingerprint density at radius 1 is 1.10 bits per heavy atom. The third-order valence-corrected chi connectivity index (χ3v) is 6.29. The van der Waals surface area contributed by atoms with Gasteiger partial charge >= 0.3 is 0 Å². The highest BCUT2D eigenvalue weighted by atomic mass is 32.2. The average molecular weight is 431 g/mol. The lowest BCUT2D eigenvalue weighted by molar-refractivity contribution is 0.112. The summed E-state index contributed by atoms with van der Waals surface area (Å²) in [5.74, 6) is -0.348. The van der Waals surface area contributed by atoms with Crippen LogP contribution in [0.4, 0.5) is 10.1 Å². The Kier molecular flexibility index (Phi) is 8.69. The molecule has 2 aromatic carbocycles. The summed E-state index contributed by atoms with van der Waals surface area (Å²) in [6, 6.07) is 14.7. The van der Waals surface area contributed by atoms with E-state index in [4.69, 9.17) is 0 Å². The van der Waals surface area contributed by atoms with E-state index in [0.717, 1.165) is 51.4 Å². The fourth-order valence-corrected chi connectivity index (χ4v) is 4.30. The highest BCUT2D eigenvalue weighted by molar-refractivity contribution is 7.96. The van der Waals surface area contributed by atoms with E-state index in [1.807, 2.05) is 30.3 Å². The predicted molar refractivity (Wildman–Crippen MR) is 123 cm³/mol. The number of hydrazine groups is 1. The summed E-state index contributed by atoms with van der Waals surface area (Å²) in [5, 5.41) is 2.12. The van der Waals surface area contributed by atoms with Crippen molar-refractivity contribution >= 4 is 23.9 Å². The van der Waals surface area contributed by atoms with Gasteiger partial charge in [0.05, 0.1) is 12.2 Å². The van der Waals surface area contributed by atoms with Gasteiger partial charge in [-0.3, -0.25) is 9.80 Å². The quantitative estimate of drug-likeness (QED) is 0.324. The van der Waals surface area contributed by atoms with Crippen molar-refractivity contribution in [3.8, 4) is 0 Å². The number of nitrogens with zero attached hydrogens (tertiary/aromatic N) is 4. The molecule has 1 saturated heterocycles. The van der Waals surface area contributed by atoms with Crippen molar-refractivity contribution in [2.45, 2.75) is 13.0 Å². The molecule has 0 spiro atoms. The Balaban J connectivity index is 1.69. The molecule has 0 amide bonds. The molecule has 7 heteroatoms. The Hall–Kier alpha value is -1.93. The van der Waals surface area contributed by atoms with Gasteiger partial charge in [-0.05, 0) is 44.5 Å². The summed E-state index contributed by atoms with van der Waals surface area (Å²) in [7, 11) is 2.17. The van der Waals surface area contributed by atoms with Crippen LogP contribution in [-0.2, 0) is 6.54 Å². The van der Waals surface area contributed by atoms with Crippen LogP contribution in [0.25, 0.3) is 0 Å². The molecule has 30 heavy (non-hydrogen) atoms. The lowest BCUT2D eigenvalue weighted by Crippen LogP contribution is -2.45. The maximum Gasteiger partial charge on any atom is 0.150 e. The molecule has 0 unspecified atom stereocenters. The molecule has 0 aromatic heterocycles. The molecular weight excluding hydrogens is 399 g/mol. The standard InChI is InChI=1S/C23H31FN4OS/c1-25-13-15-26(16-14-25)11-6-12-28(30-2)27(22-7-4-3-5-8-22)18-21-10-9-20(19-29)17-23(21)24/h3-5,7-10,17,19H,6,11-16,18H2,1-2H3. The van der Waals surface area contributed by atoms with Gasteiger partial charge in [0.25, 0.3) is 0 Å². The molecule has 5 nitrogen and oxygen atoms in total. The van der Waals surface area contributed by atoms with E-state index in [1.54, 1.807) is 24.1 Å². The topological polar surface area (TPSA) is 30.0 Å². The SMILES string of the molecule is CSN(CCCN1CCN(C)CC1)N(Cc1ccc(C=O)cc1F)c1ccccc1. The molecule has 162 valence electrons. The summed E-state index contributed by atoms with van der Waals surface area (Å²) in [5.41, 5.74) is 1.95. The second-order valence-corrected chi connectivity index (χ2v) is 8.41. The first-order valence-corrected chi connectivity index (χ1v) is 11.6. The summed E-state index contributed by atoms with van der Waals surface area (Å²) in [6.07, 6.45) is 3.77. The first-order chi connectivity index (χ1) is 14.6. The number of piperazine rings is 1. The number of carbonyl (C=O) groups excluding carboxylic acids is 1. The minimum Gasteiger partial charge on any atom is -0.304 e. The molecule has 0 aliphatic carbocycles. The lowest BCUT2D eigenvalue weighted by atomic mass is 10.1. The van der Waals surface area contributed by atoms with Gasteiger partial charge in [0.1, 0.15) is 12.1 Å². The van der Waals surface area contributed by atoms with E-state index < -0.39 is 0 Å². The maximum atomic E-state index is 14.6. The van der Waals surface area contributed by atoms with Gasteiger partial charge in [-0.2, -0.15) is 4.41 Å². The smallest absolute Gasteiger partial charge is 0.150 e. The lowest BCUT2D eigenvalue weighted by Gasteiger charge is -2.36. The first kappa shape index (κ1) is 22.7. The third kappa shape index (κ3) is 6.28. The molecule has 1 aliphatic rings. The normalized spacial score (nSPS) is 15.5. The number of anilines is 1. The number of para-hydroxylation sites is 1. The predicted octanol–water partition coefficient (Wildman–Crippen LogP) is 3.78. The van der Waals surface area contributed by atoms with Crippen LogP contribution in [0.1, 0.15) is 22.3 Å². The van der Waals surface area contributed by atoms with Gasteiger partial charge in [0.15, 0.2) is 0 Å². The highest BCUT2D eigenvalue weighted by Gasteiger charge is 2.19. The number of likely N-dealkylation sites (N-methyl/N-ethyl adjacent to an activating group) is 1. The van der Waals surface area contributed by atoms with Gasteiger partial charge in [-0.15, -0.1) is 0 Å². The highest BCUT2D eigenvalue weighted by Crippen LogP contribution is 2.25. The van der Waals surface area contributed by atoms with Gasteiger partial charge in [-0.25, -0.2) is 4.39 Å². The number of rotatable bonds is 10. The summed E-state index contributed by atoms with van der Waals surface area (Å²) in [6.45, 7) is 6.83. The molecule has 0 atom stereocenters. The van der Waals surface area contributed by atoms with Crippen LogP contribution in [0.2, 0.25) is 0 Å². The van der Waals surface area contributed by atoms with Crippen LogP contribution in [0.5, 0.6) is 0 Å². The Morgan fingerprint density at radius 3 is 2.47 bits per heavy atom. The second kappa shape index (κ2) is 11.5. The molecule has 0 bridgehead atoms. The zero-order valence-corrected chi connectivity index (χ0v) is 18.7. The van der Waals surface area contributed by atoms with Crippen LogP contribution in [0.15, 0.2) is 48.5 Å². The van der Waals surface area contributed by atoms with Crippen molar-refractivity contribution in [1.82, 2.24) is 14.2 Å². The van der Waals surface area contributed by atoms with E-state index in [0.29, 0.717) is 24.0 Å². The summed E-state index contributed by atoms with van der Waals surface area (Å²) >= 11 is 1.65. The van der Waals surface area contributed by atoms with E-state index in [2.05, 4.69) is 32.5 Å². The van der Waals surface area contributed by atoms with E-state index in [-0.39, 0.29) is 5.82 Å².